The van der Waals surface area contributed by atoms with Gasteiger partial charge in [-0.25, -0.2) is 0 Å². The number of hydrogen-bond donors (Lipinski definition) is 0. The molecule has 0 aromatic carbocycles. The third-order valence-corrected chi connectivity index (χ3v) is 2.59. The fraction of sp³-hybridized carbons (Fsp3) is 0.923. The standard InChI is InChI=1S/C13H26O2/c1-4-6-8-9-11-15-13(12(3)14)10-7-5-2/h13H,4-11H2,1-3H3. The number of ether oxygens (including phenoxy) is 1. The minimum Gasteiger partial charge on any atom is -0.370 e. The highest BCUT2D eigenvalue weighted by Crippen LogP contribution is 2.08. The molecule has 0 aromatic rings. The Kier molecular flexibility index (Phi) is 9.91. The van der Waals surface area contributed by atoms with Gasteiger partial charge >= 0.3 is 0 Å². The van der Waals surface area contributed by atoms with Gasteiger partial charge in [0.15, 0.2) is 5.78 Å². The minimum atomic E-state index is -0.147. The van der Waals surface area contributed by atoms with Crippen molar-refractivity contribution in [2.75, 3.05) is 6.61 Å². The molecule has 0 aromatic heterocycles. The molecule has 0 spiro atoms. The molecule has 2 nitrogen and oxygen atoms in total. The molecule has 0 heterocycles. The topological polar surface area (TPSA) is 26.3 Å². The van der Waals surface area contributed by atoms with Gasteiger partial charge in [-0.2, -0.15) is 0 Å². The van der Waals surface area contributed by atoms with E-state index in [9.17, 15) is 4.79 Å². The van der Waals surface area contributed by atoms with Gasteiger partial charge in [0.2, 0.25) is 0 Å². The molecular weight excluding hydrogens is 188 g/mol. The monoisotopic (exact) mass is 214 g/mol. The van der Waals surface area contributed by atoms with Crippen molar-refractivity contribution >= 4 is 5.78 Å². The van der Waals surface area contributed by atoms with Crippen LogP contribution in [0.1, 0.15) is 65.7 Å². The molecule has 0 radical (unpaired) electrons. The highest BCUT2D eigenvalue weighted by Gasteiger charge is 2.13. The fourth-order valence-electron chi connectivity index (χ4n) is 1.55. The van der Waals surface area contributed by atoms with Crippen LogP contribution in [-0.4, -0.2) is 18.5 Å². The molecule has 1 atom stereocenters. The van der Waals surface area contributed by atoms with E-state index in [4.69, 9.17) is 4.74 Å². The second-order valence-corrected chi connectivity index (χ2v) is 4.17. The molecule has 0 fully saturated rings. The van der Waals surface area contributed by atoms with Crippen molar-refractivity contribution < 1.29 is 9.53 Å². The predicted octanol–water partition coefficient (Wildman–Crippen LogP) is 3.73. The van der Waals surface area contributed by atoms with Crippen molar-refractivity contribution in [3.63, 3.8) is 0 Å². The highest BCUT2D eigenvalue weighted by atomic mass is 16.5. The lowest BCUT2D eigenvalue weighted by Crippen LogP contribution is -2.22. The third-order valence-electron chi connectivity index (χ3n) is 2.59. The van der Waals surface area contributed by atoms with E-state index in [1.54, 1.807) is 6.92 Å². The Morgan fingerprint density at radius 2 is 1.73 bits per heavy atom. The van der Waals surface area contributed by atoms with Crippen LogP contribution in [0, 0.1) is 0 Å². The predicted molar refractivity (Wildman–Crippen MR) is 64.1 cm³/mol. The molecule has 0 bridgehead atoms. The summed E-state index contributed by atoms with van der Waals surface area (Å²) in [5.74, 6) is 0.180. The number of hydrogen-bond acceptors (Lipinski definition) is 2. The van der Waals surface area contributed by atoms with Crippen LogP contribution in [0.25, 0.3) is 0 Å². The van der Waals surface area contributed by atoms with Crippen LogP contribution in [0.15, 0.2) is 0 Å². The first-order chi connectivity index (χ1) is 7.22. The number of Topliss-reactive ketones (excluding diaryl/α,β-unsaturated/α-hetero) is 1. The normalized spacial score (nSPS) is 12.7. The van der Waals surface area contributed by atoms with Crippen LogP contribution in [0.3, 0.4) is 0 Å². The Balaban J connectivity index is 3.53. The molecule has 90 valence electrons. The first kappa shape index (κ1) is 14.6. The summed E-state index contributed by atoms with van der Waals surface area (Å²) in [4.78, 5) is 11.2. The largest absolute Gasteiger partial charge is 0.370 e. The Labute approximate surface area is 94.4 Å². The summed E-state index contributed by atoms with van der Waals surface area (Å²) in [6, 6.07) is 0. The molecule has 0 amide bonds. The summed E-state index contributed by atoms with van der Waals surface area (Å²) in [5, 5.41) is 0. The smallest absolute Gasteiger partial charge is 0.158 e. The van der Waals surface area contributed by atoms with Crippen LogP contribution in [-0.2, 0) is 9.53 Å². The second kappa shape index (κ2) is 10.2. The fourth-order valence-corrected chi connectivity index (χ4v) is 1.55. The van der Waals surface area contributed by atoms with Crippen molar-refractivity contribution in [1.29, 1.82) is 0 Å². The van der Waals surface area contributed by atoms with Crippen LogP contribution in [0.4, 0.5) is 0 Å². The van der Waals surface area contributed by atoms with Gasteiger partial charge in [-0.05, 0) is 19.8 Å². The van der Waals surface area contributed by atoms with Crippen LogP contribution in [0.2, 0.25) is 0 Å². The third kappa shape index (κ3) is 8.61. The van der Waals surface area contributed by atoms with Crippen LogP contribution < -0.4 is 0 Å². The van der Waals surface area contributed by atoms with Gasteiger partial charge in [0.1, 0.15) is 6.10 Å². The Bertz CT molecular complexity index is 155. The van der Waals surface area contributed by atoms with Gasteiger partial charge in [0, 0.05) is 6.61 Å². The van der Waals surface area contributed by atoms with Crippen LogP contribution in [0.5, 0.6) is 0 Å². The number of unbranched alkanes of at least 4 members (excludes halogenated alkanes) is 4. The SMILES string of the molecule is CCCCCCOC(CCCC)C(C)=O. The highest BCUT2D eigenvalue weighted by molar-refractivity contribution is 5.80. The lowest BCUT2D eigenvalue weighted by atomic mass is 10.1. The van der Waals surface area contributed by atoms with Gasteiger partial charge in [-0.1, -0.05) is 46.0 Å². The maximum Gasteiger partial charge on any atom is 0.158 e. The Morgan fingerprint density at radius 1 is 1.07 bits per heavy atom. The van der Waals surface area contributed by atoms with Crippen LogP contribution >= 0.6 is 0 Å². The van der Waals surface area contributed by atoms with Crippen molar-refractivity contribution in [2.24, 2.45) is 0 Å². The van der Waals surface area contributed by atoms with Crippen molar-refractivity contribution in [3.8, 4) is 0 Å². The van der Waals surface area contributed by atoms with E-state index in [2.05, 4.69) is 13.8 Å². The molecule has 15 heavy (non-hydrogen) atoms. The molecule has 0 aliphatic rings. The molecule has 0 saturated heterocycles. The summed E-state index contributed by atoms with van der Waals surface area (Å²) in [5.41, 5.74) is 0. The van der Waals surface area contributed by atoms with Gasteiger partial charge in [0.05, 0.1) is 0 Å². The second-order valence-electron chi connectivity index (χ2n) is 4.17. The quantitative estimate of drug-likeness (QED) is 0.518. The summed E-state index contributed by atoms with van der Waals surface area (Å²) < 4.78 is 5.60. The van der Waals surface area contributed by atoms with E-state index < -0.39 is 0 Å². The summed E-state index contributed by atoms with van der Waals surface area (Å²) >= 11 is 0. The first-order valence-corrected chi connectivity index (χ1v) is 6.34. The number of rotatable bonds is 10. The molecule has 0 aliphatic heterocycles. The zero-order valence-corrected chi connectivity index (χ0v) is 10.6. The molecule has 0 aliphatic carbocycles. The lowest BCUT2D eigenvalue weighted by Gasteiger charge is -2.14. The molecule has 0 N–H and O–H groups in total. The first-order valence-electron chi connectivity index (χ1n) is 6.34. The molecule has 1 unspecified atom stereocenters. The molecule has 0 rings (SSSR count). The van der Waals surface area contributed by atoms with E-state index in [1.807, 2.05) is 0 Å². The maximum atomic E-state index is 11.2. The van der Waals surface area contributed by atoms with E-state index in [1.165, 1.54) is 19.3 Å². The maximum absolute atomic E-state index is 11.2. The van der Waals surface area contributed by atoms with Crippen molar-refractivity contribution in [2.45, 2.75) is 71.8 Å². The Hall–Kier alpha value is -0.370. The average Bonchev–Trinajstić information content (AvgIpc) is 2.21. The van der Waals surface area contributed by atoms with Crippen molar-refractivity contribution in [3.05, 3.63) is 0 Å². The zero-order chi connectivity index (χ0) is 11.5. The van der Waals surface area contributed by atoms with E-state index in [-0.39, 0.29) is 11.9 Å². The molecule has 0 saturated carbocycles. The summed E-state index contributed by atoms with van der Waals surface area (Å²) in [7, 11) is 0. The summed E-state index contributed by atoms with van der Waals surface area (Å²) in [6.45, 7) is 6.71. The molecular formula is C13H26O2. The van der Waals surface area contributed by atoms with Gasteiger partial charge < -0.3 is 4.74 Å². The molecule has 2 heteroatoms. The van der Waals surface area contributed by atoms with Gasteiger partial charge in [-0.3, -0.25) is 4.79 Å². The number of carbonyl (C=O) groups excluding carboxylic acids is 1. The van der Waals surface area contributed by atoms with Crippen molar-refractivity contribution in [1.82, 2.24) is 0 Å². The Morgan fingerprint density at radius 3 is 2.27 bits per heavy atom. The lowest BCUT2D eigenvalue weighted by molar-refractivity contribution is -0.128. The average molecular weight is 214 g/mol. The summed E-state index contributed by atoms with van der Waals surface area (Å²) in [6.07, 6.45) is 7.77. The van der Waals surface area contributed by atoms with E-state index in [0.717, 1.165) is 32.3 Å². The van der Waals surface area contributed by atoms with Gasteiger partial charge in [-0.15, -0.1) is 0 Å². The number of carbonyl (C=O) groups is 1. The minimum absolute atomic E-state index is 0.147. The van der Waals surface area contributed by atoms with E-state index in [0.29, 0.717) is 0 Å². The zero-order valence-electron chi connectivity index (χ0n) is 10.6. The van der Waals surface area contributed by atoms with Gasteiger partial charge in [0.25, 0.3) is 0 Å². The van der Waals surface area contributed by atoms with E-state index >= 15 is 0 Å². The number of ketones is 1.